The Morgan fingerprint density at radius 3 is 2.69 bits per heavy atom. The number of β-amino-alcohol motifs (C(OH)–C–C–N with tert-alkyl or cyclic N) is 1. The van der Waals surface area contributed by atoms with E-state index in [-0.39, 0.29) is 33.9 Å². The molecule has 36 heavy (non-hydrogen) atoms. The number of halogens is 5. The molecule has 1 fully saturated rings. The normalized spacial score (nSPS) is 17.2. The number of hydrogen-bond donors (Lipinski definition) is 1. The van der Waals surface area contributed by atoms with Crippen LogP contribution in [0.25, 0.3) is 11.2 Å². The number of alkyl halides is 3. The van der Waals surface area contributed by atoms with Crippen LogP contribution in [0.15, 0.2) is 42.9 Å². The Labute approximate surface area is 213 Å². The first-order valence-electron chi connectivity index (χ1n) is 11.0. The lowest BCUT2D eigenvalue weighted by atomic mass is 9.98. The number of fused-ring (bicyclic) bond motifs is 1. The van der Waals surface area contributed by atoms with E-state index in [4.69, 9.17) is 33.0 Å². The molecule has 3 aromatic heterocycles. The van der Waals surface area contributed by atoms with Crippen LogP contribution in [0.1, 0.15) is 24.2 Å². The van der Waals surface area contributed by atoms with Gasteiger partial charge in [-0.25, -0.2) is 19.6 Å². The van der Waals surface area contributed by atoms with Gasteiger partial charge in [-0.2, -0.15) is 18.3 Å². The fraction of sp³-hybridized carbons (Fsp3) is 0.364. The van der Waals surface area contributed by atoms with E-state index in [1.165, 1.54) is 18.5 Å². The molecule has 1 unspecified atom stereocenters. The second kappa shape index (κ2) is 9.41. The third-order valence-corrected chi connectivity index (χ3v) is 6.57. The van der Waals surface area contributed by atoms with E-state index in [1.54, 1.807) is 19.4 Å². The van der Waals surface area contributed by atoms with Crippen LogP contribution >= 0.6 is 23.2 Å². The van der Waals surface area contributed by atoms with Gasteiger partial charge in [0.05, 0.1) is 29.8 Å². The van der Waals surface area contributed by atoms with Crippen LogP contribution in [0.5, 0.6) is 0 Å². The highest BCUT2D eigenvalue weighted by atomic mass is 35.5. The first-order valence-corrected chi connectivity index (χ1v) is 11.7. The predicted octanol–water partition coefficient (Wildman–Crippen LogP) is 4.23. The van der Waals surface area contributed by atoms with E-state index < -0.39 is 17.9 Å². The molecule has 0 radical (unpaired) electrons. The highest BCUT2D eigenvalue weighted by Crippen LogP contribution is 2.37. The molecule has 9 nitrogen and oxygen atoms in total. The van der Waals surface area contributed by atoms with Crippen LogP contribution in [-0.2, 0) is 10.9 Å². The third kappa shape index (κ3) is 4.56. The Kier molecular flexibility index (Phi) is 6.43. The quantitative estimate of drug-likeness (QED) is 0.463. The van der Waals surface area contributed by atoms with Crippen LogP contribution in [-0.4, -0.2) is 61.0 Å². The average molecular weight is 542 g/mol. The number of nitrogens with zero attached hydrogens (tertiary/aromatic N) is 7. The summed E-state index contributed by atoms with van der Waals surface area (Å²) in [7, 11) is 0. The fourth-order valence-electron chi connectivity index (χ4n) is 4.10. The van der Waals surface area contributed by atoms with Crippen molar-refractivity contribution in [2.75, 3.05) is 31.1 Å². The van der Waals surface area contributed by atoms with Crippen LogP contribution in [0, 0.1) is 5.92 Å². The van der Waals surface area contributed by atoms with Crippen molar-refractivity contribution in [3.05, 3.63) is 64.3 Å². The summed E-state index contributed by atoms with van der Waals surface area (Å²) >= 11 is 12.2. The molecule has 0 amide bonds. The largest absolute Gasteiger partial charge is 0.466 e. The summed E-state index contributed by atoms with van der Waals surface area (Å²) in [6.45, 7) is 3.17. The first-order chi connectivity index (χ1) is 17.2. The van der Waals surface area contributed by atoms with E-state index in [2.05, 4.69) is 20.1 Å². The zero-order valence-corrected chi connectivity index (χ0v) is 20.3. The van der Waals surface area contributed by atoms with Gasteiger partial charge in [-0.3, -0.25) is 0 Å². The van der Waals surface area contributed by atoms with Gasteiger partial charge in [0.1, 0.15) is 28.5 Å². The molecule has 0 saturated carbocycles. The molecule has 1 saturated heterocycles. The third-order valence-electron chi connectivity index (χ3n) is 6.04. The molecule has 1 N–H and O–H groups in total. The van der Waals surface area contributed by atoms with E-state index in [0.717, 1.165) is 10.4 Å². The van der Waals surface area contributed by atoms with E-state index in [1.807, 2.05) is 16.0 Å². The smallest absolute Gasteiger partial charge is 0.437 e. The lowest BCUT2D eigenvalue weighted by Gasteiger charge is -2.41. The number of aliphatic hydroxyl groups is 1. The molecular weight excluding hydrogens is 522 g/mol. The van der Waals surface area contributed by atoms with E-state index in [0.29, 0.717) is 31.0 Å². The van der Waals surface area contributed by atoms with E-state index in [9.17, 15) is 13.2 Å². The highest BCUT2D eigenvalue weighted by molar-refractivity contribution is 6.34. The summed E-state index contributed by atoms with van der Waals surface area (Å²) in [5.41, 5.74) is -1.06. The molecule has 3 aromatic rings. The maximum absolute atomic E-state index is 13.8. The van der Waals surface area contributed by atoms with Crippen molar-refractivity contribution in [3.8, 4) is 0 Å². The topological polar surface area (TPSA) is 92.4 Å². The maximum Gasteiger partial charge on any atom is 0.437 e. The summed E-state index contributed by atoms with van der Waals surface area (Å²) in [5.74, 6) is 1.21. The molecule has 190 valence electrons. The van der Waals surface area contributed by atoms with Crippen LogP contribution in [0.4, 0.5) is 19.0 Å². The van der Waals surface area contributed by atoms with Crippen molar-refractivity contribution in [1.82, 2.24) is 29.6 Å². The SMILES string of the molecule is CC(c1cnc(Cl)cc1Cl)n1nc(C(F)(F)F)c2ncc(N3CC(C4=CN(CCO)C=CO4)C3)nc21. The molecule has 14 heteroatoms. The van der Waals surface area contributed by atoms with Gasteiger partial charge in [-0.1, -0.05) is 23.2 Å². The molecule has 2 aliphatic rings. The Bertz CT molecular complexity index is 1360. The maximum atomic E-state index is 13.8. The molecule has 0 bridgehead atoms. The van der Waals surface area contributed by atoms with Gasteiger partial charge in [0.2, 0.25) is 0 Å². The lowest BCUT2D eigenvalue weighted by molar-refractivity contribution is -0.140. The number of hydrogen-bond acceptors (Lipinski definition) is 8. The fourth-order valence-corrected chi connectivity index (χ4v) is 4.62. The van der Waals surface area contributed by atoms with Crippen LogP contribution in [0.2, 0.25) is 10.2 Å². The minimum Gasteiger partial charge on any atom is -0.466 e. The minimum atomic E-state index is -4.72. The number of anilines is 1. The summed E-state index contributed by atoms with van der Waals surface area (Å²) in [4.78, 5) is 16.3. The molecule has 5 rings (SSSR count). The Morgan fingerprint density at radius 1 is 1.22 bits per heavy atom. The van der Waals surface area contributed by atoms with E-state index >= 15 is 0 Å². The minimum absolute atomic E-state index is 0.00380. The summed E-state index contributed by atoms with van der Waals surface area (Å²) in [6, 6.07) is 0.696. The van der Waals surface area contributed by atoms with Crippen molar-refractivity contribution in [2.24, 2.45) is 5.92 Å². The second-order valence-corrected chi connectivity index (χ2v) is 9.19. The van der Waals surface area contributed by atoms with Crippen molar-refractivity contribution < 1.29 is 23.0 Å². The first kappa shape index (κ1) is 24.6. The number of rotatable bonds is 6. The summed E-state index contributed by atoms with van der Waals surface area (Å²) in [5, 5.41) is 13.4. The van der Waals surface area contributed by atoms with Gasteiger partial charge < -0.3 is 19.6 Å². The number of pyridine rings is 1. The van der Waals surface area contributed by atoms with Gasteiger partial charge in [0, 0.05) is 43.8 Å². The second-order valence-electron chi connectivity index (χ2n) is 8.39. The van der Waals surface area contributed by atoms with Crippen molar-refractivity contribution >= 4 is 40.2 Å². The number of ether oxygens (including phenoxy) is 1. The van der Waals surface area contributed by atoms with Crippen LogP contribution in [0.3, 0.4) is 0 Å². The average Bonchev–Trinajstić information content (AvgIpc) is 3.18. The number of aliphatic hydroxyl groups excluding tert-OH is 1. The molecule has 5 heterocycles. The zero-order chi connectivity index (χ0) is 25.6. The lowest BCUT2D eigenvalue weighted by Crippen LogP contribution is -2.48. The molecule has 0 aliphatic carbocycles. The molecule has 0 spiro atoms. The molecule has 2 aliphatic heterocycles. The summed E-state index contributed by atoms with van der Waals surface area (Å²) < 4.78 is 48.0. The predicted molar refractivity (Wildman–Crippen MR) is 126 cm³/mol. The Morgan fingerprint density at radius 2 is 2.00 bits per heavy atom. The molecule has 1 atom stereocenters. The van der Waals surface area contributed by atoms with Gasteiger partial charge in [0.25, 0.3) is 0 Å². The molecule has 0 aromatic carbocycles. The standard InChI is InChI=1S/C22H20Cl2F3N7O2/c1-12(14-7-28-17(24)6-15(14)23)34-21-19(20(31-34)22(25,26)27)29-8-18(30-21)33-9-13(10-33)16-11-32(2-4-35)3-5-36-16/h3,5-8,11-13,35H,2,4,9-10H2,1H3. The van der Waals surface area contributed by atoms with Gasteiger partial charge in [-0.05, 0) is 13.0 Å². The van der Waals surface area contributed by atoms with Crippen molar-refractivity contribution in [1.29, 1.82) is 0 Å². The van der Waals surface area contributed by atoms with Crippen molar-refractivity contribution in [3.63, 3.8) is 0 Å². The van der Waals surface area contributed by atoms with Crippen molar-refractivity contribution in [2.45, 2.75) is 19.1 Å². The highest BCUT2D eigenvalue weighted by Gasteiger charge is 2.40. The van der Waals surface area contributed by atoms with Gasteiger partial charge >= 0.3 is 6.18 Å². The molecular formula is C22H20Cl2F3N7O2. The Hall–Kier alpha value is -3.09. The number of aromatic nitrogens is 5. The van der Waals surface area contributed by atoms with Gasteiger partial charge in [0.15, 0.2) is 11.3 Å². The monoisotopic (exact) mass is 541 g/mol. The zero-order valence-electron chi connectivity index (χ0n) is 18.8. The Balaban J connectivity index is 1.45. The van der Waals surface area contributed by atoms with Gasteiger partial charge in [-0.15, -0.1) is 0 Å². The van der Waals surface area contributed by atoms with Crippen LogP contribution < -0.4 is 4.90 Å². The summed E-state index contributed by atoms with van der Waals surface area (Å²) in [6.07, 6.45) is 3.09.